The third kappa shape index (κ3) is 7.01. The number of nitrogens with zero attached hydrogens (tertiary/aromatic N) is 6. The Hall–Kier alpha value is -3.05. The maximum atomic E-state index is 12.7. The van der Waals surface area contributed by atoms with Gasteiger partial charge in [0.1, 0.15) is 0 Å². The van der Waals surface area contributed by atoms with E-state index in [0.29, 0.717) is 68.9 Å². The molecule has 196 valence electrons. The summed E-state index contributed by atoms with van der Waals surface area (Å²) in [6.45, 7) is 2.78. The molecule has 36 heavy (non-hydrogen) atoms. The summed E-state index contributed by atoms with van der Waals surface area (Å²) in [5.41, 5.74) is 0.226. The van der Waals surface area contributed by atoms with Crippen molar-refractivity contribution in [3.8, 4) is 0 Å². The number of hydrogen-bond donors (Lipinski definition) is 0. The molecule has 2 amide bonds. The number of aryl methyl sites for hydroxylation is 1. The van der Waals surface area contributed by atoms with Gasteiger partial charge >= 0.3 is 0 Å². The lowest BCUT2D eigenvalue weighted by molar-refractivity contribution is -0.384. The number of rotatable bonds is 8. The number of aromatic nitrogens is 2. The summed E-state index contributed by atoms with van der Waals surface area (Å²) >= 11 is 0. The maximum Gasteiger partial charge on any atom is 0.270 e. The lowest BCUT2D eigenvalue weighted by atomic mass is 9.94. The van der Waals surface area contributed by atoms with E-state index in [4.69, 9.17) is 4.52 Å². The molecule has 0 spiro atoms. The topological polar surface area (TPSA) is 126 Å². The lowest BCUT2D eigenvalue weighted by Gasteiger charge is -2.34. The Kier molecular flexibility index (Phi) is 9.77. The molecule has 1 aliphatic heterocycles. The van der Waals surface area contributed by atoms with Crippen LogP contribution in [0.1, 0.15) is 60.6 Å². The van der Waals surface area contributed by atoms with Gasteiger partial charge < -0.3 is 14.3 Å². The minimum absolute atomic E-state index is 0. The van der Waals surface area contributed by atoms with E-state index in [9.17, 15) is 19.7 Å². The molecule has 11 nitrogen and oxygen atoms in total. The molecule has 0 atom stereocenters. The van der Waals surface area contributed by atoms with Crippen LogP contribution in [0.15, 0.2) is 28.8 Å². The summed E-state index contributed by atoms with van der Waals surface area (Å²) in [5, 5.41) is 15.0. The van der Waals surface area contributed by atoms with Crippen molar-refractivity contribution in [3.63, 3.8) is 0 Å². The minimum Gasteiger partial charge on any atom is -0.343 e. The summed E-state index contributed by atoms with van der Waals surface area (Å²) in [7, 11) is 1.89. The highest BCUT2D eigenvalue weighted by molar-refractivity contribution is 5.94. The number of carbonyl (C=O) groups is 2. The first kappa shape index (κ1) is 27.5. The van der Waals surface area contributed by atoms with Gasteiger partial charge in [-0.1, -0.05) is 30.5 Å². The van der Waals surface area contributed by atoms with Crippen molar-refractivity contribution in [1.29, 1.82) is 0 Å². The monoisotopic (exact) mass is 520 g/mol. The van der Waals surface area contributed by atoms with E-state index >= 15 is 0 Å². The van der Waals surface area contributed by atoms with Gasteiger partial charge in [-0.15, -0.1) is 12.4 Å². The van der Waals surface area contributed by atoms with Gasteiger partial charge in [0, 0.05) is 69.8 Å². The van der Waals surface area contributed by atoms with Gasteiger partial charge in [0.2, 0.25) is 11.8 Å². The first-order chi connectivity index (χ1) is 16.9. The van der Waals surface area contributed by atoms with Crippen LogP contribution in [0.25, 0.3) is 0 Å². The fraction of sp³-hybridized carbons (Fsp3) is 0.583. The second-order valence-corrected chi connectivity index (χ2v) is 9.28. The zero-order valence-corrected chi connectivity index (χ0v) is 21.3. The van der Waals surface area contributed by atoms with Crippen LogP contribution in [0.3, 0.4) is 0 Å². The van der Waals surface area contributed by atoms with Gasteiger partial charge in [-0.05, 0) is 18.9 Å². The number of hydrogen-bond acceptors (Lipinski definition) is 8. The molecule has 1 saturated carbocycles. The molecule has 12 heteroatoms. The molecule has 4 rings (SSSR count). The molecule has 0 unspecified atom stereocenters. The third-order valence-corrected chi connectivity index (χ3v) is 6.91. The van der Waals surface area contributed by atoms with Crippen molar-refractivity contribution >= 4 is 29.9 Å². The lowest BCUT2D eigenvalue weighted by Crippen LogP contribution is -2.48. The number of nitro groups is 1. The van der Waals surface area contributed by atoms with Crippen LogP contribution in [0, 0.1) is 10.1 Å². The Morgan fingerprint density at radius 3 is 2.58 bits per heavy atom. The van der Waals surface area contributed by atoms with Crippen molar-refractivity contribution in [2.75, 3.05) is 33.2 Å². The maximum absolute atomic E-state index is 12.7. The number of carbonyl (C=O) groups excluding carboxylic acids is 2. The Balaban J connectivity index is 0.00000361. The normalized spacial score (nSPS) is 16.9. The Bertz CT molecular complexity index is 1050. The van der Waals surface area contributed by atoms with Crippen LogP contribution >= 0.6 is 12.4 Å². The van der Waals surface area contributed by atoms with Crippen LogP contribution in [0.5, 0.6) is 0 Å². The van der Waals surface area contributed by atoms with E-state index in [0.717, 1.165) is 12.8 Å². The average molecular weight is 521 g/mol. The molecule has 1 aromatic heterocycles. The molecule has 2 heterocycles. The van der Waals surface area contributed by atoms with E-state index in [1.54, 1.807) is 11.0 Å². The first-order valence-electron chi connectivity index (χ1n) is 12.2. The van der Waals surface area contributed by atoms with Gasteiger partial charge in [0.25, 0.3) is 11.6 Å². The van der Waals surface area contributed by atoms with Crippen molar-refractivity contribution in [2.45, 2.75) is 57.5 Å². The summed E-state index contributed by atoms with van der Waals surface area (Å²) in [6.07, 6.45) is 6.57. The molecular weight excluding hydrogens is 488 g/mol. The molecule has 0 bridgehead atoms. The van der Waals surface area contributed by atoms with Crippen LogP contribution in [-0.2, 0) is 17.8 Å². The van der Waals surface area contributed by atoms with Gasteiger partial charge in [0.05, 0.1) is 11.5 Å². The third-order valence-electron chi connectivity index (χ3n) is 6.91. The van der Waals surface area contributed by atoms with Crippen molar-refractivity contribution in [1.82, 2.24) is 24.8 Å². The molecule has 0 radical (unpaired) electrons. The highest BCUT2D eigenvalue weighted by atomic mass is 35.5. The average Bonchev–Trinajstić information content (AvgIpc) is 3.34. The smallest absolute Gasteiger partial charge is 0.270 e. The molecule has 2 fully saturated rings. The number of amides is 2. The Labute approximate surface area is 216 Å². The molecule has 2 aliphatic rings. The first-order valence-corrected chi connectivity index (χ1v) is 12.2. The van der Waals surface area contributed by atoms with E-state index < -0.39 is 4.92 Å². The zero-order chi connectivity index (χ0) is 24.8. The van der Waals surface area contributed by atoms with Crippen LogP contribution in [0.4, 0.5) is 5.69 Å². The Morgan fingerprint density at radius 1 is 1.17 bits per heavy atom. The highest BCUT2D eigenvalue weighted by Gasteiger charge is 2.25. The number of nitro benzene ring substituents is 1. The fourth-order valence-corrected chi connectivity index (χ4v) is 4.76. The predicted octanol–water partition coefficient (Wildman–Crippen LogP) is 3.08. The molecule has 0 N–H and O–H groups in total. The summed E-state index contributed by atoms with van der Waals surface area (Å²) in [6, 6.07) is 6.15. The van der Waals surface area contributed by atoms with E-state index in [1.165, 1.54) is 37.5 Å². The van der Waals surface area contributed by atoms with E-state index in [-0.39, 0.29) is 29.9 Å². The van der Waals surface area contributed by atoms with Crippen LogP contribution in [-0.4, -0.2) is 80.8 Å². The van der Waals surface area contributed by atoms with E-state index in [2.05, 4.69) is 15.0 Å². The molecule has 1 saturated heterocycles. The van der Waals surface area contributed by atoms with Crippen molar-refractivity contribution < 1.29 is 19.0 Å². The Morgan fingerprint density at radius 2 is 1.89 bits per heavy atom. The number of halogens is 1. The SMILES string of the molecule is CN(C(=O)CCc1nc(CN2CCN(C(=O)c3cccc([N+](=O)[O-])c3)CC2)no1)C1CCCCC1.Cl. The van der Waals surface area contributed by atoms with Crippen molar-refractivity contribution in [3.05, 3.63) is 51.7 Å². The molecule has 2 aromatic rings. The van der Waals surface area contributed by atoms with Crippen LogP contribution < -0.4 is 0 Å². The van der Waals surface area contributed by atoms with Gasteiger partial charge in [-0.2, -0.15) is 4.98 Å². The van der Waals surface area contributed by atoms with Crippen molar-refractivity contribution in [2.24, 2.45) is 0 Å². The minimum atomic E-state index is -0.501. The van der Waals surface area contributed by atoms with Gasteiger partial charge in [-0.3, -0.25) is 24.6 Å². The summed E-state index contributed by atoms with van der Waals surface area (Å²) < 4.78 is 5.35. The van der Waals surface area contributed by atoms with Gasteiger partial charge in [-0.25, -0.2) is 0 Å². The second kappa shape index (κ2) is 12.8. The van der Waals surface area contributed by atoms with Crippen LogP contribution in [0.2, 0.25) is 0 Å². The van der Waals surface area contributed by atoms with Gasteiger partial charge in [0.15, 0.2) is 5.82 Å². The highest BCUT2D eigenvalue weighted by Crippen LogP contribution is 2.22. The second-order valence-electron chi connectivity index (χ2n) is 9.28. The number of benzene rings is 1. The summed E-state index contributed by atoms with van der Waals surface area (Å²) in [5.74, 6) is 0.927. The number of non-ortho nitro benzene ring substituents is 1. The van der Waals surface area contributed by atoms with E-state index in [1.807, 2.05) is 11.9 Å². The molecule has 1 aliphatic carbocycles. The fourth-order valence-electron chi connectivity index (χ4n) is 4.76. The summed E-state index contributed by atoms with van der Waals surface area (Å²) in [4.78, 5) is 45.9. The quantitative estimate of drug-likeness (QED) is 0.384. The molecule has 1 aromatic carbocycles. The number of piperazine rings is 1. The zero-order valence-electron chi connectivity index (χ0n) is 20.5. The molecular formula is C24H33ClN6O5. The predicted molar refractivity (Wildman–Crippen MR) is 134 cm³/mol. The standard InChI is InChI=1S/C24H32N6O5.ClH/c1-27(19-7-3-2-4-8-19)23(31)11-10-22-25-21(26-35-22)17-28-12-14-29(15-13-28)24(32)18-6-5-9-20(16-18)30(33)34;/h5-6,9,16,19H,2-4,7-8,10-15,17H2,1H3;1H. The largest absolute Gasteiger partial charge is 0.343 e.